The Hall–Kier alpha value is -1.75. The number of methoxy groups -OCH3 is 2. The van der Waals surface area contributed by atoms with E-state index in [-0.39, 0.29) is 12.0 Å². The molecule has 1 aliphatic heterocycles. The van der Waals surface area contributed by atoms with Gasteiger partial charge >= 0.3 is 0 Å². The first kappa shape index (κ1) is 20.5. The molecule has 29 heavy (non-hydrogen) atoms. The highest BCUT2D eigenvalue weighted by Gasteiger charge is 2.49. The summed E-state index contributed by atoms with van der Waals surface area (Å²) in [5, 5.41) is 12.3. The van der Waals surface area contributed by atoms with E-state index in [0.717, 1.165) is 72.8 Å². The third-order valence-electron chi connectivity index (χ3n) is 6.76. The van der Waals surface area contributed by atoms with Crippen molar-refractivity contribution in [2.45, 2.75) is 50.3 Å². The summed E-state index contributed by atoms with van der Waals surface area (Å²) < 4.78 is 11.3. The van der Waals surface area contributed by atoms with Crippen molar-refractivity contribution in [3.63, 3.8) is 0 Å². The fraction of sp³-hybridized carbons (Fsp3) is 0.500. The minimum absolute atomic E-state index is 0.0513. The zero-order valence-electron chi connectivity index (χ0n) is 17.2. The van der Waals surface area contributed by atoms with Crippen LogP contribution in [0, 0.1) is 5.92 Å². The summed E-state index contributed by atoms with van der Waals surface area (Å²) in [5.41, 5.74) is 1.58. The van der Waals surface area contributed by atoms with Crippen molar-refractivity contribution in [3.8, 4) is 11.5 Å². The van der Waals surface area contributed by atoms with E-state index in [2.05, 4.69) is 17.0 Å². The van der Waals surface area contributed by atoms with Gasteiger partial charge in [0.1, 0.15) is 11.5 Å². The smallest absolute Gasteiger partial charge is 0.123 e. The molecule has 156 valence electrons. The van der Waals surface area contributed by atoms with E-state index < -0.39 is 5.60 Å². The molecule has 4 rings (SSSR count). The number of hydrogen-bond donors (Lipinski definition) is 1. The minimum Gasteiger partial charge on any atom is -0.497 e. The summed E-state index contributed by atoms with van der Waals surface area (Å²) >= 11 is 6.49. The maximum atomic E-state index is 11.5. The second-order valence-corrected chi connectivity index (χ2v) is 8.73. The van der Waals surface area contributed by atoms with E-state index in [1.807, 2.05) is 30.3 Å². The monoisotopic (exact) mass is 415 g/mol. The van der Waals surface area contributed by atoms with Gasteiger partial charge < -0.3 is 14.6 Å². The Kier molecular flexibility index (Phi) is 6.05. The van der Waals surface area contributed by atoms with Crippen molar-refractivity contribution in [2.75, 3.05) is 20.8 Å². The maximum absolute atomic E-state index is 11.5. The predicted octanol–water partition coefficient (Wildman–Crippen LogP) is 5.23. The highest BCUT2D eigenvalue weighted by molar-refractivity contribution is 6.31. The lowest BCUT2D eigenvalue weighted by Crippen LogP contribution is -2.54. The number of hydrogen-bond acceptors (Lipinski definition) is 4. The molecule has 1 saturated heterocycles. The van der Waals surface area contributed by atoms with Gasteiger partial charge in [0, 0.05) is 35.6 Å². The molecule has 0 amide bonds. The molecule has 2 aliphatic rings. The van der Waals surface area contributed by atoms with E-state index in [0.29, 0.717) is 0 Å². The van der Waals surface area contributed by atoms with Gasteiger partial charge in [0.05, 0.1) is 19.8 Å². The van der Waals surface area contributed by atoms with Gasteiger partial charge in [-0.3, -0.25) is 4.90 Å². The summed E-state index contributed by atoms with van der Waals surface area (Å²) in [6, 6.07) is 14.0. The Morgan fingerprint density at radius 3 is 2.69 bits per heavy atom. The van der Waals surface area contributed by atoms with Crippen LogP contribution in [0.1, 0.15) is 49.3 Å². The van der Waals surface area contributed by atoms with Crippen molar-refractivity contribution in [1.29, 1.82) is 0 Å². The van der Waals surface area contributed by atoms with Crippen molar-refractivity contribution in [1.82, 2.24) is 4.90 Å². The average molecular weight is 416 g/mol. The van der Waals surface area contributed by atoms with E-state index in [1.165, 1.54) is 0 Å². The molecule has 1 heterocycles. The molecular weight excluding hydrogens is 386 g/mol. The highest BCUT2D eigenvalue weighted by Crippen LogP contribution is 2.51. The standard InChI is InChI=1S/C24H30ClNO3/c1-28-18-10-11-22(29-2)19(15-18)23-20-8-5-6-12-24(20,27)13-14-26(23)16-17-7-3-4-9-21(17)25/h3-4,7,9-11,15,20,23,27H,5-6,8,12-14,16H2,1-2H3/t20-,23-,24-/m1/s1. The van der Waals surface area contributed by atoms with E-state index in [4.69, 9.17) is 21.1 Å². The molecule has 5 heteroatoms. The number of likely N-dealkylation sites (tertiary alicyclic amines) is 1. The largest absolute Gasteiger partial charge is 0.497 e. The SMILES string of the molecule is COc1ccc(OC)c([C@@H]2[C@H]3CCCC[C@@]3(O)CCN2Cc2ccccc2Cl)c1. The number of halogens is 1. The lowest BCUT2D eigenvalue weighted by Gasteiger charge is -2.53. The molecule has 2 fully saturated rings. The van der Waals surface area contributed by atoms with Gasteiger partial charge in [-0.2, -0.15) is 0 Å². The van der Waals surface area contributed by atoms with Gasteiger partial charge in [0.25, 0.3) is 0 Å². The second kappa shape index (κ2) is 8.55. The molecule has 4 nitrogen and oxygen atoms in total. The van der Waals surface area contributed by atoms with Gasteiger partial charge in [0.15, 0.2) is 0 Å². The summed E-state index contributed by atoms with van der Waals surface area (Å²) in [4.78, 5) is 2.46. The number of rotatable bonds is 5. The van der Waals surface area contributed by atoms with Crippen LogP contribution in [-0.2, 0) is 6.54 Å². The fourth-order valence-corrected chi connectivity index (χ4v) is 5.44. The topological polar surface area (TPSA) is 41.9 Å². The molecule has 3 atom stereocenters. The van der Waals surface area contributed by atoms with E-state index in [9.17, 15) is 5.11 Å². The van der Waals surface area contributed by atoms with Crippen molar-refractivity contribution in [2.24, 2.45) is 5.92 Å². The van der Waals surface area contributed by atoms with E-state index in [1.54, 1.807) is 14.2 Å². The number of benzene rings is 2. The van der Waals surface area contributed by atoms with Crippen LogP contribution >= 0.6 is 11.6 Å². The quantitative estimate of drug-likeness (QED) is 0.726. The number of piperidine rings is 1. The van der Waals surface area contributed by atoms with Crippen LogP contribution in [-0.4, -0.2) is 36.4 Å². The molecular formula is C24H30ClNO3. The molecule has 2 aromatic carbocycles. The maximum Gasteiger partial charge on any atom is 0.123 e. The Morgan fingerprint density at radius 1 is 1.10 bits per heavy atom. The lowest BCUT2D eigenvalue weighted by molar-refractivity contribution is -0.126. The van der Waals surface area contributed by atoms with Gasteiger partial charge in [-0.15, -0.1) is 0 Å². The summed E-state index contributed by atoms with van der Waals surface area (Å²) in [5.74, 6) is 1.81. The van der Waals surface area contributed by atoms with Crippen molar-refractivity contribution in [3.05, 3.63) is 58.6 Å². The molecule has 2 aromatic rings. The van der Waals surface area contributed by atoms with Crippen LogP contribution in [0.25, 0.3) is 0 Å². The summed E-state index contributed by atoms with van der Waals surface area (Å²) in [6.45, 7) is 1.57. The van der Waals surface area contributed by atoms with Crippen molar-refractivity contribution >= 4 is 11.6 Å². The van der Waals surface area contributed by atoms with Gasteiger partial charge in [-0.05, 0) is 49.1 Å². The van der Waals surface area contributed by atoms with Gasteiger partial charge in [-0.1, -0.05) is 42.6 Å². The number of aliphatic hydroxyl groups is 1. The number of fused-ring (bicyclic) bond motifs is 1. The summed E-state index contributed by atoms with van der Waals surface area (Å²) in [6.07, 6.45) is 4.93. The Labute approximate surface area is 178 Å². The summed E-state index contributed by atoms with van der Waals surface area (Å²) in [7, 11) is 3.39. The van der Waals surface area contributed by atoms with Crippen LogP contribution in [0.5, 0.6) is 11.5 Å². The second-order valence-electron chi connectivity index (χ2n) is 8.32. The van der Waals surface area contributed by atoms with Gasteiger partial charge in [0.2, 0.25) is 0 Å². The predicted molar refractivity (Wildman–Crippen MR) is 116 cm³/mol. The zero-order chi connectivity index (χ0) is 20.4. The van der Waals surface area contributed by atoms with Crippen LogP contribution in [0.4, 0.5) is 0 Å². The lowest BCUT2D eigenvalue weighted by atomic mass is 9.66. The zero-order valence-corrected chi connectivity index (χ0v) is 18.0. The Balaban J connectivity index is 1.78. The minimum atomic E-state index is -0.617. The number of nitrogens with zero attached hydrogens (tertiary/aromatic N) is 1. The van der Waals surface area contributed by atoms with Crippen molar-refractivity contribution < 1.29 is 14.6 Å². The third kappa shape index (κ3) is 3.98. The third-order valence-corrected chi connectivity index (χ3v) is 7.13. The first-order valence-electron chi connectivity index (χ1n) is 10.5. The molecule has 0 spiro atoms. The molecule has 0 unspecified atom stereocenters. The average Bonchev–Trinajstić information content (AvgIpc) is 2.74. The van der Waals surface area contributed by atoms with Crippen LogP contribution < -0.4 is 9.47 Å². The normalized spacial score (nSPS) is 27.3. The van der Waals surface area contributed by atoms with Crippen LogP contribution in [0.2, 0.25) is 5.02 Å². The van der Waals surface area contributed by atoms with Crippen LogP contribution in [0.3, 0.4) is 0 Å². The first-order valence-corrected chi connectivity index (χ1v) is 10.9. The van der Waals surface area contributed by atoms with Crippen LogP contribution in [0.15, 0.2) is 42.5 Å². The molecule has 1 aliphatic carbocycles. The fourth-order valence-electron chi connectivity index (χ4n) is 5.25. The molecule has 1 saturated carbocycles. The molecule has 0 aromatic heterocycles. The van der Waals surface area contributed by atoms with Gasteiger partial charge in [-0.25, -0.2) is 0 Å². The molecule has 0 bridgehead atoms. The Morgan fingerprint density at radius 2 is 1.93 bits per heavy atom. The first-order chi connectivity index (χ1) is 14.1. The molecule has 1 N–H and O–H groups in total. The highest BCUT2D eigenvalue weighted by atomic mass is 35.5. The molecule has 0 radical (unpaired) electrons. The van der Waals surface area contributed by atoms with E-state index >= 15 is 0 Å². The number of ether oxygens (including phenoxy) is 2. The Bertz CT molecular complexity index is 858.